The number of rotatable bonds is 3. The van der Waals surface area contributed by atoms with Crippen molar-refractivity contribution in [1.29, 1.82) is 0 Å². The molecule has 138 valence electrons. The van der Waals surface area contributed by atoms with Crippen LogP contribution in [0.3, 0.4) is 0 Å². The number of aromatic nitrogens is 3. The first-order chi connectivity index (χ1) is 12.9. The van der Waals surface area contributed by atoms with Gasteiger partial charge in [0.25, 0.3) is 0 Å². The van der Waals surface area contributed by atoms with Crippen LogP contribution in [0.25, 0.3) is 0 Å². The highest BCUT2D eigenvalue weighted by atomic mass is 35.5. The van der Waals surface area contributed by atoms with Crippen LogP contribution in [-0.2, 0) is 5.92 Å². The van der Waals surface area contributed by atoms with Crippen LogP contribution in [0.4, 0.5) is 24.7 Å². The van der Waals surface area contributed by atoms with Crippen LogP contribution in [0, 0.1) is 12.7 Å². The normalized spacial score (nSPS) is 16.5. The minimum Gasteiger partial charge on any atom is -0.294 e. The molecule has 1 aromatic carbocycles. The van der Waals surface area contributed by atoms with Crippen LogP contribution in [0.2, 0.25) is 5.02 Å². The summed E-state index contributed by atoms with van der Waals surface area (Å²) in [6.45, 7) is 1.76. The molecule has 1 N–H and O–H groups in total. The molecular weight excluding hydrogens is 379 g/mol. The summed E-state index contributed by atoms with van der Waals surface area (Å²) in [5, 5.41) is 7.13. The van der Waals surface area contributed by atoms with Crippen molar-refractivity contribution < 1.29 is 13.2 Å². The molecule has 1 aliphatic rings. The van der Waals surface area contributed by atoms with Gasteiger partial charge in [0.2, 0.25) is 0 Å². The van der Waals surface area contributed by atoms with Crippen LogP contribution >= 0.6 is 11.6 Å². The van der Waals surface area contributed by atoms with Crippen LogP contribution in [0.15, 0.2) is 47.6 Å². The molecule has 3 aromatic rings. The van der Waals surface area contributed by atoms with E-state index in [1.54, 1.807) is 31.2 Å². The molecule has 0 spiro atoms. The van der Waals surface area contributed by atoms with E-state index in [0.717, 1.165) is 18.3 Å². The predicted octanol–water partition coefficient (Wildman–Crippen LogP) is 4.59. The number of H-pyrrole nitrogens is 1. The van der Waals surface area contributed by atoms with E-state index in [9.17, 15) is 4.39 Å². The Balaban J connectivity index is 1.88. The van der Waals surface area contributed by atoms with Crippen LogP contribution < -0.4 is 4.90 Å². The molecule has 1 atom stereocenters. The van der Waals surface area contributed by atoms with Gasteiger partial charge in [0.1, 0.15) is 11.5 Å². The number of alkyl halides is 2. The van der Waals surface area contributed by atoms with Gasteiger partial charge in [0.15, 0.2) is 12.0 Å². The molecule has 1 aliphatic heterocycles. The van der Waals surface area contributed by atoms with Gasteiger partial charge in [-0.15, -0.1) is 0 Å². The van der Waals surface area contributed by atoms with Gasteiger partial charge in [0, 0.05) is 23.5 Å². The summed E-state index contributed by atoms with van der Waals surface area (Å²) in [4.78, 5) is 8.87. The number of fused-ring (bicyclic) bond motifs is 1. The average Bonchev–Trinajstić information content (AvgIpc) is 3.07. The molecule has 0 radical (unpaired) electrons. The summed E-state index contributed by atoms with van der Waals surface area (Å²) < 4.78 is 43.8. The molecule has 0 amide bonds. The number of aliphatic imine (C=N–C) groups is 1. The third kappa shape index (κ3) is 2.95. The van der Waals surface area contributed by atoms with Gasteiger partial charge in [-0.1, -0.05) is 23.7 Å². The summed E-state index contributed by atoms with van der Waals surface area (Å²) in [6, 6.07) is 8.54. The Kier molecular flexibility index (Phi) is 4.15. The largest absolute Gasteiger partial charge is 0.329 e. The quantitative estimate of drug-likeness (QED) is 0.710. The summed E-state index contributed by atoms with van der Waals surface area (Å²) in [6.07, 6.45) is 0.407. The van der Waals surface area contributed by atoms with E-state index in [4.69, 9.17) is 11.6 Å². The maximum Gasteiger partial charge on any atom is 0.329 e. The highest BCUT2D eigenvalue weighted by molar-refractivity contribution is 6.34. The molecule has 27 heavy (non-hydrogen) atoms. The number of benzene rings is 1. The fourth-order valence-electron chi connectivity index (χ4n) is 2.96. The molecule has 0 fully saturated rings. The molecule has 9 heteroatoms. The van der Waals surface area contributed by atoms with E-state index >= 15 is 8.78 Å². The fourth-order valence-corrected chi connectivity index (χ4v) is 3.23. The van der Waals surface area contributed by atoms with E-state index in [1.807, 2.05) is 0 Å². The molecule has 0 aliphatic carbocycles. The van der Waals surface area contributed by atoms with Gasteiger partial charge < -0.3 is 0 Å². The number of para-hydroxylation sites is 1. The van der Waals surface area contributed by atoms with Crippen LogP contribution in [0.5, 0.6) is 0 Å². The Hall–Kier alpha value is -2.87. The van der Waals surface area contributed by atoms with E-state index in [2.05, 4.69) is 20.2 Å². The lowest BCUT2D eigenvalue weighted by Crippen LogP contribution is -2.45. The third-order valence-electron chi connectivity index (χ3n) is 4.19. The first-order valence-corrected chi connectivity index (χ1v) is 8.38. The smallest absolute Gasteiger partial charge is 0.294 e. The number of anilines is 2. The molecule has 4 rings (SSSR count). The van der Waals surface area contributed by atoms with Crippen LogP contribution in [-0.4, -0.2) is 27.6 Å². The number of halogens is 4. The second-order valence-corrected chi connectivity index (χ2v) is 6.50. The Morgan fingerprint density at radius 3 is 2.70 bits per heavy atom. The first-order valence-electron chi connectivity index (χ1n) is 8.00. The molecule has 3 heterocycles. The van der Waals surface area contributed by atoms with E-state index in [-0.39, 0.29) is 10.8 Å². The average molecular weight is 392 g/mol. The number of aryl methyl sites for hydroxylation is 1. The van der Waals surface area contributed by atoms with Crippen molar-refractivity contribution in [3.05, 3.63) is 70.4 Å². The number of nitrogens with one attached hydrogen (secondary N) is 1. The van der Waals surface area contributed by atoms with Crippen molar-refractivity contribution in [2.75, 3.05) is 4.90 Å². The Morgan fingerprint density at radius 1 is 1.22 bits per heavy atom. The molecular formula is C18H13ClF3N5. The Bertz CT molecular complexity index is 1020. The van der Waals surface area contributed by atoms with Gasteiger partial charge in [0.05, 0.1) is 16.9 Å². The van der Waals surface area contributed by atoms with Crippen molar-refractivity contribution in [3.8, 4) is 0 Å². The minimum absolute atomic E-state index is 0.241. The fraction of sp³-hybridized carbons (Fsp3) is 0.167. The number of nitrogens with zero attached hydrogens (tertiary/aromatic N) is 4. The van der Waals surface area contributed by atoms with Crippen molar-refractivity contribution >= 4 is 29.3 Å². The van der Waals surface area contributed by atoms with Crippen LogP contribution in [0.1, 0.15) is 17.0 Å². The Morgan fingerprint density at radius 2 is 2.04 bits per heavy atom. The lowest BCUT2D eigenvalue weighted by atomic mass is 10.0. The van der Waals surface area contributed by atoms with Gasteiger partial charge >= 0.3 is 5.92 Å². The zero-order valence-corrected chi connectivity index (χ0v) is 14.8. The monoisotopic (exact) mass is 391 g/mol. The van der Waals surface area contributed by atoms with Crippen molar-refractivity contribution in [3.63, 3.8) is 0 Å². The highest BCUT2D eigenvalue weighted by Crippen LogP contribution is 2.45. The van der Waals surface area contributed by atoms with Gasteiger partial charge in [-0.25, -0.2) is 4.39 Å². The van der Waals surface area contributed by atoms with E-state index in [0.29, 0.717) is 16.9 Å². The van der Waals surface area contributed by atoms with Crippen molar-refractivity contribution in [1.82, 2.24) is 15.2 Å². The SMILES string of the molecule is Cc1cc(N2c3c(Cl)cccc3C=NC2C(F)(F)c2ccc(F)cn2)n[nH]1. The summed E-state index contributed by atoms with van der Waals surface area (Å²) in [7, 11) is 0. The number of aromatic amines is 1. The van der Waals surface area contributed by atoms with Crippen molar-refractivity contribution in [2.45, 2.75) is 19.0 Å². The molecule has 2 aromatic heterocycles. The second-order valence-electron chi connectivity index (χ2n) is 6.09. The lowest BCUT2D eigenvalue weighted by Gasteiger charge is -2.37. The number of pyridine rings is 1. The minimum atomic E-state index is -3.53. The molecule has 0 saturated heterocycles. The maximum atomic E-state index is 15.3. The van der Waals surface area contributed by atoms with Gasteiger partial charge in [-0.05, 0) is 25.1 Å². The van der Waals surface area contributed by atoms with E-state index in [1.165, 1.54) is 11.1 Å². The molecule has 0 bridgehead atoms. The van der Waals surface area contributed by atoms with Gasteiger partial charge in [-0.2, -0.15) is 13.9 Å². The predicted molar refractivity (Wildman–Crippen MR) is 96.4 cm³/mol. The van der Waals surface area contributed by atoms with E-state index < -0.39 is 23.6 Å². The van der Waals surface area contributed by atoms with Gasteiger partial charge in [-0.3, -0.25) is 20.0 Å². The number of hydrogen-bond acceptors (Lipinski definition) is 4. The topological polar surface area (TPSA) is 57.2 Å². The zero-order valence-electron chi connectivity index (χ0n) is 14.0. The summed E-state index contributed by atoms with van der Waals surface area (Å²) in [5.74, 6) is -3.99. The lowest BCUT2D eigenvalue weighted by molar-refractivity contribution is -0.0328. The standard InChI is InChI=1S/C18H13ClF3N5/c1-10-7-15(26-25-10)27-16-11(3-2-4-13(16)19)8-24-17(27)18(21,22)14-6-5-12(20)9-23-14/h2-9,17H,1H3,(H,25,26). The Labute approximate surface area is 157 Å². The number of hydrogen-bond donors (Lipinski definition) is 1. The molecule has 5 nitrogen and oxygen atoms in total. The molecule has 0 saturated carbocycles. The summed E-state index contributed by atoms with van der Waals surface area (Å²) >= 11 is 6.32. The first kappa shape index (κ1) is 17.5. The second kappa shape index (κ2) is 6.38. The third-order valence-corrected chi connectivity index (χ3v) is 4.50. The highest BCUT2D eigenvalue weighted by Gasteiger charge is 2.49. The zero-order chi connectivity index (χ0) is 19.2. The maximum absolute atomic E-state index is 15.3. The summed E-state index contributed by atoms with van der Waals surface area (Å²) in [5.41, 5.74) is 1.05. The van der Waals surface area contributed by atoms with Crippen molar-refractivity contribution in [2.24, 2.45) is 4.99 Å². The molecule has 1 unspecified atom stereocenters.